The second kappa shape index (κ2) is 8.93. The predicted octanol–water partition coefficient (Wildman–Crippen LogP) is 6.25. The fourth-order valence-electron chi connectivity index (χ4n) is 3.20. The van der Waals surface area contributed by atoms with E-state index in [1.807, 2.05) is 24.3 Å². The first-order chi connectivity index (χ1) is 13.8. The average Bonchev–Trinajstić information content (AvgIpc) is 2.73. The van der Waals surface area contributed by atoms with E-state index >= 15 is 0 Å². The Hall–Kier alpha value is -2.43. The maximum atomic E-state index is 13.4. The lowest BCUT2D eigenvalue weighted by Crippen LogP contribution is -2.18. The summed E-state index contributed by atoms with van der Waals surface area (Å²) in [5.41, 5.74) is 2.18. The zero-order valence-corrected chi connectivity index (χ0v) is 18.0. The van der Waals surface area contributed by atoms with Crippen LogP contribution in [0.25, 0.3) is 0 Å². The van der Waals surface area contributed by atoms with Crippen LogP contribution in [0, 0.1) is 0 Å². The van der Waals surface area contributed by atoms with Crippen LogP contribution in [0.1, 0.15) is 52.9 Å². The molecule has 3 nitrogen and oxygen atoms in total. The van der Waals surface area contributed by atoms with Crippen LogP contribution >= 0.6 is 11.6 Å². The number of benzene rings is 3. The summed E-state index contributed by atoms with van der Waals surface area (Å²) < 4.78 is 26.8. The fourth-order valence-corrected chi connectivity index (χ4v) is 5.08. The molecule has 0 radical (unpaired) electrons. The van der Waals surface area contributed by atoms with Gasteiger partial charge in [-0.2, -0.15) is 0 Å². The quantitative estimate of drug-likeness (QED) is 0.419. The molecule has 0 saturated heterocycles. The molecule has 0 fully saturated rings. The van der Waals surface area contributed by atoms with Crippen LogP contribution in [0.15, 0.2) is 83.8 Å². The van der Waals surface area contributed by atoms with Gasteiger partial charge in [-0.15, -0.1) is 0 Å². The number of Topliss-reactive ketones (excluding diaryl/α,β-unsaturated/α-hetero) is 1. The summed E-state index contributed by atoms with van der Waals surface area (Å²) in [6.45, 7) is 4.16. The van der Waals surface area contributed by atoms with Crippen molar-refractivity contribution in [1.29, 1.82) is 0 Å². The Morgan fingerprint density at radius 3 is 1.93 bits per heavy atom. The molecule has 150 valence electrons. The Labute approximate surface area is 177 Å². The topological polar surface area (TPSA) is 51.2 Å². The van der Waals surface area contributed by atoms with E-state index in [0.717, 1.165) is 5.56 Å². The molecule has 0 aliphatic carbocycles. The van der Waals surface area contributed by atoms with Crippen LogP contribution in [0.5, 0.6) is 0 Å². The second-order valence-corrected chi connectivity index (χ2v) is 9.87. The molecule has 0 bridgehead atoms. The molecule has 3 aromatic rings. The minimum Gasteiger partial charge on any atom is -0.294 e. The number of halogens is 1. The van der Waals surface area contributed by atoms with Crippen molar-refractivity contribution >= 4 is 27.2 Å². The Bertz CT molecular complexity index is 1070. The molecule has 1 unspecified atom stereocenters. The fraction of sp³-hybridized carbons (Fsp3) is 0.208. The molecule has 29 heavy (non-hydrogen) atoms. The highest BCUT2D eigenvalue weighted by Gasteiger charge is 2.31. The van der Waals surface area contributed by atoms with E-state index in [0.29, 0.717) is 22.1 Å². The third-order valence-electron chi connectivity index (χ3n) is 4.96. The molecular weight excluding hydrogens is 404 g/mol. The van der Waals surface area contributed by atoms with Gasteiger partial charge in [0.25, 0.3) is 0 Å². The molecule has 5 heteroatoms. The SMILES string of the molecule is CC(C)c1ccc(C(CC(=O)c2ccc(Cl)cc2)S(=O)(=O)c2ccccc2)cc1. The number of sulfone groups is 1. The minimum atomic E-state index is -3.75. The minimum absolute atomic E-state index is 0.139. The van der Waals surface area contributed by atoms with E-state index in [9.17, 15) is 13.2 Å². The van der Waals surface area contributed by atoms with E-state index in [2.05, 4.69) is 13.8 Å². The normalized spacial score (nSPS) is 12.7. The second-order valence-electron chi connectivity index (χ2n) is 7.30. The van der Waals surface area contributed by atoms with E-state index in [1.54, 1.807) is 54.6 Å². The van der Waals surface area contributed by atoms with Gasteiger partial charge in [-0.1, -0.05) is 67.9 Å². The standard InChI is InChI=1S/C24H23ClO3S/c1-17(2)18-8-10-20(11-9-18)24(29(27,28)22-6-4-3-5-7-22)16-23(26)19-12-14-21(25)15-13-19/h3-15,17,24H,16H2,1-2H3. The van der Waals surface area contributed by atoms with E-state index in [-0.39, 0.29) is 17.1 Å². The highest BCUT2D eigenvalue weighted by Crippen LogP contribution is 2.34. The van der Waals surface area contributed by atoms with Gasteiger partial charge in [-0.05, 0) is 53.4 Å². The molecule has 0 saturated carbocycles. The average molecular weight is 427 g/mol. The van der Waals surface area contributed by atoms with Crippen LogP contribution in [-0.4, -0.2) is 14.2 Å². The van der Waals surface area contributed by atoms with Gasteiger partial charge in [0.15, 0.2) is 15.6 Å². The molecular formula is C24H23ClO3S. The lowest BCUT2D eigenvalue weighted by Gasteiger charge is -2.19. The molecule has 0 aliphatic rings. The van der Waals surface area contributed by atoms with E-state index in [1.165, 1.54) is 0 Å². The van der Waals surface area contributed by atoms with Crippen LogP contribution in [0.3, 0.4) is 0 Å². The smallest absolute Gasteiger partial charge is 0.185 e. The first-order valence-electron chi connectivity index (χ1n) is 9.46. The molecule has 0 amide bonds. The van der Waals surface area contributed by atoms with E-state index < -0.39 is 15.1 Å². The summed E-state index contributed by atoms with van der Waals surface area (Å²) in [7, 11) is -3.75. The molecule has 0 aliphatic heterocycles. The van der Waals surface area contributed by atoms with Crippen LogP contribution in [0.4, 0.5) is 0 Å². The summed E-state index contributed by atoms with van der Waals surface area (Å²) in [6, 6.07) is 22.3. The molecule has 0 N–H and O–H groups in total. The Morgan fingerprint density at radius 2 is 1.38 bits per heavy atom. The maximum absolute atomic E-state index is 13.4. The lowest BCUT2D eigenvalue weighted by molar-refractivity contribution is 0.0980. The summed E-state index contributed by atoms with van der Waals surface area (Å²) in [5, 5.41) is -0.437. The molecule has 3 rings (SSSR count). The van der Waals surface area contributed by atoms with Crippen molar-refractivity contribution in [2.75, 3.05) is 0 Å². The van der Waals surface area contributed by atoms with Gasteiger partial charge in [0.1, 0.15) is 0 Å². The van der Waals surface area contributed by atoms with Crippen molar-refractivity contribution in [3.8, 4) is 0 Å². The highest BCUT2D eigenvalue weighted by molar-refractivity contribution is 7.91. The number of carbonyl (C=O) groups excluding carboxylic acids is 1. The summed E-state index contributed by atoms with van der Waals surface area (Å²) in [5.74, 6) is 0.100. The first kappa shape index (κ1) is 21.3. The van der Waals surface area contributed by atoms with Gasteiger partial charge in [-0.3, -0.25) is 4.79 Å². The third kappa shape index (κ3) is 4.95. The summed E-state index contributed by atoms with van der Waals surface area (Å²) >= 11 is 5.90. The first-order valence-corrected chi connectivity index (χ1v) is 11.4. The summed E-state index contributed by atoms with van der Waals surface area (Å²) in [4.78, 5) is 13.1. The lowest BCUT2D eigenvalue weighted by atomic mass is 9.98. The number of hydrogen-bond donors (Lipinski definition) is 0. The zero-order chi connectivity index (χ0) is 21.0. The molecule has 0 aromatic heterocycles. The van der Waals surface area contributed by atoms with Crippen molar-refractivity contribution in [1.82, 2.24) is 0 Å². The van der Waals surface area contributed by atoms with Crippen molar-refractivity contribution < 1.29 is 13.2 Å². The Kier molecular flexibility index (Phi) is 6.56. The van der Waals surface area contributed by atoms with E-state index in [4.69, 9.17) is 11.6 Å². The molecule has 0 heterocycles. The van der Waals surface area contributed by atoms with Crippen molar-refractivity contribution in [2.24, 2.45) is 0 Å². The molecule has 1 atom stereocenters. The third-order valence-corrected chi connectivity index (χ3v) is 7.33. The molecule has 0 spiro atoms. The maximum Gasteiger partial charge on any atom is 0.185 e. The van der Waals surface area contributed by atoms with Gasteiger partial charge in [0.2, 0.25) is 0 Å². The zero-order valence-electron chi connectivity index (χ0n) is 16.4. The Morgan fingerprint density at radius 1 is 0.828 bits per heavy atom. The van der Waals surface area contributed by atoms with Crippen LogP contribution in [0.2, 0.25) is 5.02 Å². The molecule has 3 aromatic carbocycles. The number of rotatable bonds is 7. The largest absolute Gasteiger partial charge is 0.294 e. The number of hydrogen-bond acceptors (Lipinski definition) is 3. The van der Waals surface area contributed by atoms with Gasteiger partial charge < -0.3 is 0 Å². The summed E-state index contributed by atoms with van der Waals surface area (Å²) in [6.07, 6.45) is -0.139. The number of carbonyl (C=O) groups is 1. The van der Waals surface area contributed by atoms with Crippen molar-refractivity contribution in [2.45, 2.75) is 36.3 Å². The number of ketones is 1. The highest BCUT2D eigenvalue weighted by atomic mass is 35.5. The van der Waals surface area contributed by atoms with Gasteiger partial charge in [0.05, 0.1) is 10.1 Å². The predicted molar refractivity (Wildman–Crippen MR) is 117 cm³/mol. The Balaban J connectivity index is 2.01. The van der Waals surface area contributed by atoms with Gasteiger partial charge in [-0.25, -0.2) is 8.42 Å². The van der Waals surface area contributed by atoms with Crippen molar-refractivity contribution in [3.63, 3.8) is 0 Å². The monoisotopic (exact) mass is 426 g/mol. The van der Waals surface area contributed by atoms with Gasteiger partial charge >= 0.3 is 0 Å². The van der Waals surface area contributed by atoms with Crippen LogP contribution in [-0.2, 0) is 9.84 Å². The van der Waals surface area contributed by atoms with Crippen LogP contribution < -0.4 is 0 Å². The van der Waals surface area contributed by atoms with Crippen molar-refractivity contribution in [3.05, 3.63) is 101 Å². The van der Waals surface area contributed by atoms with Gasteiger partial charge in [0, 0.05) is 17.0 Å².